The highest BCUT2D eigenvalue weighted by Gasteiger charge is 2.22. The molecule has 0 radical (unpaired) electrons. The number of fused-ring (bicyclic) bond motifs is 1. The zero-order valence-corrected chi connectivity index (χ0v) is 15.4. The van der Waals surface area contributed by atoms with E-state index in [9.17, 15) is 0 Å². The first-order chi connectivity index (χ1) is 12.7. The number of piperidine rings is 1. The number of hydrogen-bond donors (Lipinski definition) is 1. The normalized spacial score (nSPS) is 15.0. The summed E-state index contributed by atoms with van der Waals surface area (Å²) >= 11 is 0. The Hall–Kier alpha value is -2.69. The van der Waals surface area contributed by atoms with Crippen LogP contribution in [-0.2, 0) is 0 Å². The van der Waals surface area contributed by atoms with Crippen molar-refractivity contribution in [2.24, 2.45) is 0 Å². The summed E-state index contributed by atoms with van der Waals surface area (Å²) < 4.78 is 0. The quantitative estimate of drug-likeness (QED) is 0.761. The lowest BCUT2D eigenvalue weighted by molar-refractivity contribution is 0.575. The Morgan fingerprint density at radius 3 is 2.58 bits per heavy atom. The van der Waals surface area contributed by atoms with Crippen LogP contribution in [0.2, 0.25) is 0 Å². The number of aromatic nitrogens is 3. The molecule has 134 valence electrons. The Bertz CT molecular complexity index is 915. The fourth-order valence-electron chi connectivity index (χ4n) is 3.92. The maximum absolute atomic E-state index is 6.50. The van der Waals surface area contributed by atoms with E-state index in [1.165, 1.54) is 35.6 Å². The predicted octanol–water partition coefficient (Wildman–Crippen LogP) is 4.39. The van der Waals surface area contributed by atoms with E-state index in [4.69, 9.17) is 10.7 Å². The largest absolute Gasteiger partial charge is 0.383 e. The van der Waals surface area contributed by atoms with Crippen molar-refractivity contribution in [2.75, 3.05) is 23.7 Å². The first-order valence-electron chi connectivity index (χ1n) is 9.40. The molecule has 26 heavy (non-hydrogen) atoms. The SMILES string of the molecule is CC(C)c1cccc2c(N3CCCCC3)nc(N)c(-c3ccncn3)c12. The van der Waals surface area contributed by atoms with Crippen molar-refractivity contribution in [3.63, 3.8) is 0 Å². The third-order valence-corrected chi connectivity index (χ3v) is 5.19. The van der Waals surface area contributed by atoms with Gasteiger partial charge in [-0.15, -0.1) is 0 Å². The molecule has 2 N–H and O–H groups in total. The third-order valence-electron chi connectivity index (χ3n) is 5.19. The molecule has 0 unspecified atom stereocenters. The summed E-state index contributed by atoms with van der Waals surface area (Å²) in [4.78, 5) is 15.7. The van der Waals surface area contributed by atoms with Gasteiger partial charge in [0, 0.05) is 30.1 Å². The lowest BCUT2D eigenvalue weighted by Crippen LogP contribution is -2.30. The monoisotopic (exact) mass is 347 g/mol. The molecule has 0 aliphatic carbocycles. The Kier molecular flexibility index (Phi) is 4.45. The summed E-state index contributed by atoms with van der Waals surface area (Å²) in [6.45, 7) is 6.52. The molecule has 3 aromatic rings. The van der Waals surface area contributed by atoms with Crippen molar-refractivity contribution in [1.82, 2.24) is 15.0 Å². The number of benzene rings is 1. The van der Waals surface area contributed by atoms with E-state index in [0.717, 1.165) is 30.2 Å². The van der Waals surface area contributed by atoms with Gasteiger partial charge in [-0.2, -0.15) is 0 Å². The van der Waals surface area contributed by atoms with Crippen LogP contribution in [0, 0.1) is 0 Å². The van der Waals surface area contributed by atoms with E-state index in [1.54, 1.807) is 12.5 Å². The second-order valence-electron chi connectivity index (χ2n) is 7.26. The standard InChI is InChI=1S/C21H25N5/c1-14(2)15-7-6-8-16-18(15)19(17-9-10-23-13-24-17)20(22)25-21(16)26-11-4-3-5-12-26/h6-10,13-14H,3-5,11-12H2,1-2H3,(H2,22,25). The molecule has 1 saturated heterocycles. The molecule has 0 atom stereocenters. The minimum Gasteiger partial charge on any atom is -0.383 e. The molecule has 1 aromatic carbocycles. The maximum atomic E-state index is 6.50. The molecular formula is C21H25N5. The highest BCUT2D eigenvalue weighted by Crippen LogP contribution is 2.40. The highest BCUT2D eigenvalue weighted by molar-refractivity contribution is 6.07. The van der Waals surface area contributed by atoms with Crippen LogP contribution < -0.4 is 10.6 Å². The summed E-state index contributed by atoms with van der Waals surface area (Å²) in [5.41, 5.74) is 9.53. The fourth-order valence-corrected chi connectivity index (χ4v) is 3.92. The Balaban J connectivity index is 2.04. The molecule has 4 rings (SSSR count). The van der Waals surface area contributed by atoms with Crippen LogP contribution in [0.5, 0.6) is 0 Å². The number of hydrogen-bond acceptors (Lipinski definition) is 5. The van der Waals surface area contributed by atoms with Crippen LogP contribution in [0.1, 0.15) is 44.6 Å². The van der Waals surface area contributed by atoms with Crippen LogP contribution in [0.4, 0.5) is 11.6 Å². The van der Waals surface area contributed by atoms with E-state index >= 15 is 0 Å². The van der Waals surface area contributed by atoms with Gasteiger partial charge in [0.25, 0.3) is 0 Å². The van der Waals surface area contributed by atoms with E-state index in [-0.39, 0.29) is 0 Å². The van der Waals surface area contributed by atoms with Crippen LogP contribution >= 0.6 is 0 Å². The zero-order valence-electron chi connectivity index (χ0n) is 15.4. The molecule has 5 nitrogen and oxygen atoms in total. The van der Waals surface area contributed by atoms with Gasteiger partial charge in [-0.3, -0.25) is 0 Å². The van der Waals surface area contributed by atoms with Crippen molar-refractivity contribution < 1.29 is 0 Å². The molecule has 3 heterocycles. The number of nitrogens with zero attached hydrogens (tertiary/aromatic N) is 4. The van der Waals surface area contributed by atoms with Gasteiger partial charge in [-0.05, 0) is 36.8 Å². The van der Waals surface area contributed by atoms with E-state index < -0.39 is 0 Å². The van der Waals surface area contributed by atoms with Crippen LogP contribution in [0.15, 0.2) is 36.8 Å². The second-order valence-corrected chi connectivity index (χ2v) is 7.26. The van der Waals surface area contributed by atoms with Crippen LogP contribution in [0.3, 0.4) is 0 Å². The summed E-state index contributed by atoms with van der Waals surface area (Å²) in [6.07, 6.45) is 7.03. The molecule has 5 heteroatoms. The lowest BCUT2D eigenvalue weighted by Gasteiger charge is -2.30. The van der Waals surface area contributed by atoms with Crippen LogP contribution in [-0.4, -0.2) is 28.0 Å². The minimum absolute atomic E-state index is 0.385. The average Bonchev–Trinajstić information content (AvgIpc) is 2.68. The topological polar surface area (TPSA) is 67.9 Å². The van der Waals surface area contributed by atoms with Gasteiger partial charge in [-0.25, -0.2) is 15.0 Å². The van der Waals surface area contributed by atoms with Gasteiger partial charge in [0.1, 0.15) is 18.0 Å². The molecule has 0 bridgehead atoms. The predicted molar refractivity (Wildman–Crippen MR) is 107 cm³/mol. The summed E-state index contributed by atoms with van der Waals surface area (Å²) in [5.74, 6) is 1.94. The van der Waals surface area contributed by atoms with Crippen molar-refractivity contribution in [2.45, 2.75) is 39.0 Å². The van der Waals surface area contributed by atoms with E-state index in [2.05, 4.69) is 46.9 Å². The summed E-state index contributed by atoms with van der Waals surface area (Å²) in [5, 5.41) is 2.34. The van der Waals surface area contributed by atoms with Crippen molar-refractivity contribution in [3.05, 3.63) is 42.4 Å². The summed E-state index contributed by atoms with van der Waals surface area (Å²) in [7, 11) is 0. The molecule has 0 spiro atoms. The molecule has 1 aliphatic rings. The maximum Gasteiger partial charge on any atom is 0.138 e. The smallest absolute Gasteiger partial charge is 0.138 e. The second kappa shape index (κ2) is 6.90. The summed E-state index contributed by atoms with van der Waals surface area (Å²) in [6, 6.07) is 8.40. The van der Waals surface area contributed by atoms with Gasteiger partial charge in [0.05, 0.1) is 11.3 Å². The number of pyridine rings is 1. The Morgan fingerprint density at radius 2 is 1.88 bits per heavy atom. The average molecular weight is 347 g/mol. The Labute approximate surface area is 154 Å². The van der Waals surface area contributed by atoms with E-state index in [0.29, 0.717) is 11.7 Å². The Morgan fingerprint density at radius 1 is 1.08 bits per heavy atom. The molecule has 0 saturated carbocycles. The molecule has 1 aliphatic heterocycles. The van der Waals surface area contributed by atoms with Gasteiger partial charge < -0.3 is 10.6 Å². The third kappa shape index (κ3) is 2.87. The molecule has 2 aromatic heterocycles. The zero-order chi connectivity index (χ0) is 18.1. The van der Waals surface area contributed by atoms with Gasteiger partial charge >= 0.3 is 0 Å². The van der Waals surface area contributed by atoms with Gasteiger partial charge in [-0.1, -0.05) is 32.0 Å². The van der Waals surface area contributed by atoms with Gasteiger partial charge in [0.2, 0.25) is 0 Å². The number of anilines is 2. The van der Waals surface area contributed by atoms with Crippen molar-refractivity contribution >= 4 is 22.4 Å². The van der Waals surface area contributed by atoms with Crippen molar-refractivity contribution in [1.29, 1.82) is 0 Å². The number of nitrogens with two attached hydrogens (primary N) is 1. The van der Waals surface area contributed by atoms with Gasteiger partial charge in [0.15, 0.2) is 0 Å². The fraction of sp³-hybridized carbons (Fsp3) is 0.381. The highest BCUT2D eigenvalue weighted by atomic mass is 15.2. The lowest BCUT2D eigenvalue weighted by atomic mass is 9.91. The number of nitrogen functional groups attached to an aromatic ring is 1. The first kappa shape index (κ1) is 16.8. The first-order valence-corrected chi connectivity index (χ1v) is 9.40. The molecule has 0 amide bonds. The molecular weight excluding hydrogens is 322 g/mol. The van der Waals surface area contributed by atoms with Crippen LogP contribution in [0.25, 0.3) is 22.0 Å². The van der Waals surface area contributed by atoms with Crippen molar-refractivity contribution in [3.8, 4) is 11.3 Å². The number of rotatable bonds is 3. The minimum atomic E-state index is 0.385. The molecule has 1 fully saturated rings. The van der Waals surface area contributed by atoms with E-state index in [1.807, 2.05) is 6.07 Å².